The van der Waals surface area contributed by atoms with E-state index in [9.17, 15) is 0 Å². The van der Waals surface area contributed by atoms with Crippen LogP contribution in [-0.4, -0.2) is 12.1 Å². The number of aromatic nitrogens is 1. The molecule has 76 valence electrons. The molecule has 0 aliphatic heterocycles. The summed E-state index contributed by atoms with van der Waals surface area (Å²) in [6.45, 7) is 0. The predicted octanol–water partition coefficient (Wildman–Crippen LogP) is 2.33. The SMILES string of the molecule is COc1cc(N)cc(C2CCCC2)n1. The summed E-state index contributed by atoms with van der Waals surface area (Å²) < 4.78 is 5.10. The van der Waals surface area contributed by atoms with Gasteiger partial charge in [-0.1, -0.05) is 12.8 Å². The number of ether oxygens (including phenoxy) is 1. The van der Waals surface area contributed by atoms with E-state index in [1.165, 1.54) is 25.7 Å². The highest BCUT2D eigenvalue weighted by Crippen LogP contribution is 2.34. The zero-order valence-corrected chi connectivity index (χ0v) is 8.49. The van der Waals surface area contributed by atoms with Gasteiger partial charge in [0.25, 0.3) is 0 Å². The average Bonchev–Trinajstić information content (AvgIpc) is 2.69. The lowest BCUT2D eigenvalue weighted by Gasteiger charge is -2.10. The maximum atomic E-state index is 5.78. The third-order valence-corrected chi connectivity index (χ3v) is 2.83. The van der Waals surface area contributed by atoms with Crippen molar-refractivity contribution >= 4 is 5.69 Å². The third-order valence-electron chi connectivity index (χ3n) is 2.83. The lowest BCUT2D eigenvalue weighted by atomic mass is 10.0. The van der Waals surface area contributed by atoms with Gasteiger partial charge in [-0.25, -0.2) is 4.98 Å². The fourth-order valence-corrected chi connectivity index (χ4v) is 2.08. The number of nitrogens with two attached hydrogens (primary N) is 1. The van der Waals surface area contributed by atoms with Gasteiger partial charge < -0.3 is 10.5 Å². The van der Waals surface area contributed by atoms with E-state index >= 15 is 0 Å². The van der Waals surface area contributed by atoms with Crippen LogP contribution in [0, 0.1) is 0 Å². The van der Waals surface area contributed by atoms with E-state index in [0.29, 0.717) is 11.8 Å². The first-order chi connectivity index (χ1) is 6.79. The van der Waals surface area contributed by atoms with Crippen molar-refractivity contribution in [3.05, 3.63) is 17.8 Å². The minimum Gasteiger partial charge on any atom is -0.481 e. The maximum Gasteiger partial charge on any atom is 0.215 e. The minimum atomic E-state index is 0.590. The zero-order valence-electron chi connectivity index (χ0n) is 8.49. The Bertz CT molecular complexity index is 319. The molecular weight excluding hydrogens is 176 g/mol. The molecule has 3 heteroatoms. The molecule has 0 atom stereocenters. The number of nitrogens with zero attached hydrogens (tertiary/aromatic N) is 1. The quantitative estimate of drug-likeness (QED) is 0.782. The largest absolute Gasteiger partial charge is 0.481 e. The van der Waals surface area contributed by atoms with E-state index in [-0.39, 0.29) is 0 Å². The molecule has 2 N–H and O–H groups in total. The van der Waals surface area contributed by atoms with Gasteiger partial charge in [0.15, 0.2) is 0 Å². The molecule has 0 amide bonds. The Morgan fingerprint density at radius 3 is 2.71 bits per heavy atom. The topological polar surface area (TPSA) is 48.1 Å². The van der Waals surface area contributed by atoms with Crippen LogP contribution in [0.4, 0.5) is 5.69 Å². The lowest BCUT2D eigenvalue weighted by molar-refractivity contribution is 0.395. The Balaban J connectivity index is 2.27. The van der Waals surface area contributed by atoms with Gasteiger partial charge >= 0.3 is 0 Å². The number of rotatable bonds is 2. The van der Waals surface area contributed by atoms with Gasteiger partial charge in [-0.3, -0.25) is 0 Å². The van der Waals surface area contributed by atoms with Gasteiger partial charge in [-0.05, 0) is 18.9 Å². The van der Waals surface area contributed by atoms with Gasteiger partial charge in [-0.15, -0.1) is 0 Å². The molecule has 1 heterocycles. The van der Waals surface area contributed by atoms with Crippen molar-refractivity contribution in [2.45, 2.75) is 31.6 Å². The number of methoxy groups -OCH3 is 1. The van der Waals surface area contributed by atoms with Crippen molar-refractivity contribution in [1.82, 2.24) is 4.98 Å². The summed E-state index contributed by atoms with van der Waals surface area (Å²) in [7, 11) is 1.63. The van der Waals surface area contributed by atoms with E-state index in [4.69, 9.17) is 10.5 Å². The molecule has 1 aromatic heterocycles. The molecule has 0 unspecified atom stereocenters. The molecule has 0 saturated heterocycles. The third kappa shape index (κ3) is 1.81. The van der Waals surface area contributed by atoms with E-state index < -0.39 is 0 Å². The van der Waals surface area contributed by atoms with Gasteiger partial charge in [0.05, 0.1) is 7.11 Å². The predicted molar refractivity (Wildman–Crippen MR) is 56.4 cm³/mol. The van der Waals surface area contributed by atoms with Crippen LogP contribution in [0.15, 0.2) is 12.1 Å². The normalized spacial score (nSPS) is 17.2. The number of pyridine rings is 1. The van der Waals surface area contributed by atoms with Crippen molar-refractivity contribution in [3.8, 4) is 5.88 Å². The zero-order chi connectivity index (χ0) is 9.97. The smallest absolute Gasteiger partial charge is 0.215 e. The van der Waals surface area contributed by atoms with Crippen molar-refractivity contribution in [3.63, 3.8) is 0 Å². The molecule has 1 saturated carbocycles. The van der Waals surface area contributed by atoms with Gasteiger partial charge in [0.1, 0.15) is 0 Å². The molecule has 1 aliphatic rings. The highest BCUT2D eigenvalue weighted by atomic mass is 16.5. The van der Waals surface area contributed by atoms with Gasteiger partial charge in [-0.2, -0.15) is 0 Å². The molecule has 1 fully saturated rings. The summed E-state index contributed by atoms with van der Waals surface area (Å²) in [4.78, 5) is 4.43. The molecule has 3 nitrogen and oxygen atoms in total. The summed E-state index contributed by atoms with van der Waals surface area (Å²) in [6.07, 6.45) is 5.09. The monoisotopic (exact) mass is 192 g/mol. The minimum absolute atomic E-state index is 0.590. The van der Waals surface area contributed by atoms with Crippen LogP contribution in [-0.2, 0) is 0 Å². The molecule has 2 rings (SSSR count). The van der Waals surface area contributed by atoms with E-state index in [0.717, 1.165) is 11.4 Å². The molecule has 0 spiro atoms. The summed E-state index contributed by atoms with van der Waals surface area (Å²) in [5.41, 5.74) is 7.63. The van der Waals surface area contributed by atoms with Crippen LogP contribution in [0.3, 0.4) is 0 Å². The lowest BCUT2D eigenvalue weighted by Crippen LogP contribution is -2.00. The standard InChI is InChI=1S/C11H16N2O/c1-14-11-7-9(12)6-10(13-11)8-4-2-3-5-8/h6-8H,2-5H2,1H3,(H2,12,13). The van der Waals surface area contributed by atoms with Crippen molar-refractivity contribution < 1.29 is 4.74 Å². The number of hydrogen-bond acceptors (Lipinski definition) is 3. The molecule has 0 radical (unpaired) electrons. The second-order valence-corrected chi connectivity index (χ2v) is 3.85. The van der Waals surface area contributed by atoms with Crippen LogP contribution < -0.4 is 10.5 Å². The first kappa shape index (κ1) is 9.31. The van der Waals surface area contributed by atoms with Crippen LogP contribution in [0.25, 0.3) is 0 Å². The highest BCUT2D eigenvalue weighted by Gasteiger charge is 2.19. The molecular formula is C11H16N2O. The molecule has 0 bridgehead atoms. The van der Waals surface area contributed by atoms with Gasteiger partial charge in [0, 0.05) is 23.4 Å². The Labute approximate surface area is 84.3 Å². The molecule has 1 aromatic rings. The number of hydrogen-bond donors (Lipinski definition) is 1. The van der Waals surface area contributed by atoms with Crippen LogP contribution in [0.5, 0.6) is 5.88 Å². The summed E-state index contributed by atoms with van der Waals surface area (Å²) in [5.74, 6) is 1.22. The molecule has 1 aliphatic carbocycles. The Hall–Kier alpha value is -1.25. The summed E-state index contributed by atoms with van der Waals surface area (Å²) in [6, 6.07) is 3.73. The van der Waals surface area contributed by atoms with Crippen LogP contribution in [0.1, 0.15) is 37.3 Å². The summed E-state index contributed by atoms with van der Waals surface area (Å²) >= 11 is 0. The van der Waals surface area contributed by atoms with E-state index in [1.807, 2.05) is 6.07 Å². The van der Waals surface area contributed by atoms with Crippen molar-refractivity contribution in [1.29, 1.82) is 0 Å². The van der Waals surface area contributed by atoms with Crippen LogP contribution >= 0.6 is 0 Å². The molecule has 14 heavy (non-hydrogen) atoms. The van der Waals surface area contributed by atoms with Crippen molar-refractivity contribution in [2.75, 3.05) is 12.8 Å². The fraction of sp³-hybridized carbons (Fsp3) is 0.545. The number of anilines is 1. The van der Waals surface area contributed by atoms with Crippen LogP contribution in [0.2, 0.25) is 0 Å². The molecule has 0 aromatic carbocycles. The van der Waals surface area contributed by atoms with Gasteiger partial charge in [0.2, 0.25) is 5.88 Å². The first-order valence-electron chi connectivity index (χ1n) is 5.11. The summed E-state index contributed by atoms with van der Waals surface area (Å²) in [5, 5.41) is 0. The average molecular weight is 192 g/mol. The second-order valence-electron chi connectivity index (χ2n) is 3.85. The van der Waals surface area contributed by atoms with E-state index in [1.54, 1.807) is 13.2 Å². The Morgan fingerprint density at radius 1 is 1.36 bits per heavy atom. The fourth-order valence-electron chi connectivity index (χ4n) is 2.08. The van der Waals surface area contributed by atoms with E-state index in [2.05, 4.69) is 4.98 Å². The highest BCUT2D eigenvalue weighted by molar-refractivity contribution is 5.43. The maximum absolute atomic E-state index is 5.78. The number of nitrogen functional groups attached to an aromatic ring is 1. The Morgan fingerprint density at radius 2 is 2.07 bits per heavy atom. The second kappa shape index (κ2) is 3.86. The van der Waals surface area contributed by atoms with Crippen molar-refractivity contribution in [2.24, 2.45) is 0 Å². The Kier molecular flexibility index (Phi) is 2.57. The first-order valence-corrected chi connectivity index (χ1v) is 5.11.